The fourth-order valence-electron chi connectivity index (χ4n) is 1.53. The number of amides is 1. The van der Waals surface area contributed by atoms with Crippen LogP contribution in [-0.2, 0) is 11.3 Å². The monoisotopic (exact) mass is 200 g/mol. The molecule has 1 amide bonds. The molecule has 2 aromatic rings. The van der Waals surface area contributed by atoms with E-state index in [9.17, 15) is 4.79 Å². The molecule has 0 aliphatic rings. The van der Waals surface area contributed by atoms with Gasteiger partial charge in [-0.05, 0) is 17.7 Å². The Morgan fingerprint density at radius 1 is 1.33 bits per heavy atom. The summed E-state index contributed by atoms with van der Waals surface area (Å²) < 4.78 is 0. The van der Waals surface area contributed by atoms with Crippen LogP contribution in [0.4, 0.5) is 0 Å². The second-order valence-corrected chi connectivity index (χ2v) is 3.40. The Kier molecular flexibility index (Phi) is 2.63. The van der Waals surface area contributed by atoms with Crippen molar-refractivity contribution in [3.05, 3.63) is 42.1 Å². The molecule has 0 fully saturated rings. The third-order valence-corrected chi connectivity index (χ3v) is 2.27. The Labute approximate surface area is 88.1 Å². The highest BCUT2D eigenvalue weighted by molar-refractivity contribution is 5.82. The molecule has 0 saturated heterocycles. The maximum atomic E-state index is 10.8. The van der Waals surface area contributed by atoms with Crippen LogP contribution in [0, 0.1) is 0 Å². The van der Waals surface area contributed by atoms with Gasteiger partial charge in [-0.3, -0.25) is 9.78 Å². The van der Waals surface area contributed by atoms with Crippen molar-refractivity contribution in [2.24, 2.45) is 0 Å². The van der Waals surface area contributed by atoms with Crippen molar-refractivity contribution in [3.8, 4) is 0 Å². The minimum Gasteiger partial charge on any atom is -0.352 e. The van der Waals surface area contributed by atoms with Gasteiger partial charge >= 0.3 is 0 Å². The summed E-state index contributed by atoms with van der Waals surface area (Å²) in [7, 11) is 0. The van der Waals surface area contributed by atoms with Gasteiger partial charge in [0.1, 0.15) is 0 Å². The second kappa shape index (κ2) is 4.09. The van der Waals surface area contributed by atoms with E-state index in [1.54, 1.807) is 6.20 Å². The largest absolute Gasteiger partial charge is 0.352 e. The molecule has 0 unspecified atom stereocenters. The molecule has 0 bridgehead atoms. The molecule has 0 atom stereocenters. The molecule has 0 aliphatic carbocycles. The summed E-state index contributed by atoms with van der Waals surface area (Å²) in [4.78, 5) is 15.1. The summed E-state index contributed by atoms with van der Waals surface area (Å²) >= 11 is 0. The molecular formula is C12H12N2O. The number of aromatic nitrogens is 1. The van der Waals surface area contributed by atoms with Gasteiger partial charge in [-0.25, -0.2) is 0 Å². The minimum absolute atomic E-state index is 0.0177. The number of nitrogens with one attached hydrogen (secondary N) is 1. The van der Waals surface area contributed by atoms with Crippen molar-refractivity contribution in [1.82, 2.24) is 10.3 Å². The van der Waals surface area contributed by atoms with Crippen LogP contribution in [0.3, 0.4) is 0 Å². The molecule has 2 rings (SSSR count). The van der Waals surface area contributed by atoms with Gasteiger partial charge in [0, 0.05) is 25.1 Å². The van der Waals surface area contributed by atoms with E-state index in [0.29, 0.717) is 6.54 Å². The van der Waals surface area contributed by atoms with Crippen LogP contribution in [-0.4, -0.2) is 10.9 Å². The summed E-state index contributed by atoms with van der Waals surface area (Å²) in [5.74, 6) is -0.0177. The van der Waals surface area contributed by atoms with E-state index in [1.807, 2.05) is 30.3 Å². The zero-order valence-corrected chi connectivity index (χ0v) is 8.53. The van der Waals surface area contributed by atoms with Crippen LogP contribution in [0.2, 0.25) is 0 Å². The fourth-order valence-corrected chi connectivity index (χ4v) is 1.53. The fraction of sp³-hybridized carbons (Fsp3) is 0.167. The van der Waals surface area contributed by atoms with Gasteiger partial charge in [-0.15, -0.1) is 0 Å². The number of benzene rings is 1. The molecule has 0 spiro atoms. The van der Waals surface area contributed by atoms with Gasteiger partial charge in [0.25, 0.3) is 0 Å². The Balaban J connectivity index is 2.38. The maximum absolute atomic E-state index is 10.8. The Morgan fingerprint density at radius 3 is 2.93 bits per heavy atom. The van der Waals surface area contributed by atoms with Crippen LogP contribution < -0.4 is 5.32 Å². The van der Waals surface area contributed by atoms with Crippen molar-refractivity contribution >= 4 is 16.8 Å². The number of para-hydroxylation sites is 1. The number of nitrogens with zero attached hydrogens (tertiary/aromatic N) is 1. The number of carbonyl (C=O) groups is 1. The van der Waals surface area contributed by atoms with Crippen molar-refractivity contribution in [1.29, 1.82) is 0 Å². The number of pyridine rings is 1. The van der Waals surface area contributed by atoms with Crippen LogP contribution in [0.5, 0.6) is 0 Å². The standard InChI is InChI=1S/C12H12N2O/c1-9(15)14-8-10-6-7-13-12-5-3-2-4-11(10)12/h2-7H,8H2,1H3,(H,14,15). The highest BCUT2D eigenvalue weighted by Gasteiger charge is 2.00. The number of hydrogen-bond donors (Lipinski definition) is 1. The van der Waals surface area contributed by atoms with Gasteiger partial charge in [0.2, 0.25) is 5.91 Å². The van der Waals surface area contributed by atoms with E-state index in [1.165, 1.54) is 6.92 Å². The second-order valence-electron chi connectivity index (χ2n) is 3.40. The lowest BCUT2D eigenvalue weighted by Crippen LogP contribution is -2.19. The smallest absolute Gasteiger partial charge is 0.217 e. The van der Waals surface area contributed by atoms with Crippen molar-refractivity contribution in [2.45, 2.75) is 13.5 Å². The molecule has 0 saturated carbocycles. The summed E-state index contributed by atoms with van der Waals surface area (Å²) in [6, 6.07) is 9.84. The lowest BCUT2D eigenvalue weighted by Gasteiger charge is -2.05. The third kappa shape index (κ3) is 2.13. The first-order valence-electron chi connectivity index (χ1n) is 4.84. The zero-order chi connectivity index (χ0) is 10.7. The van der Waals surface area contributed by atoms with E-state index in [4.69, 9.17) is 0 Å². The van der Waals surface area contributed by atoms with Crippen LogP contribution in [0.15, 0.2) is 36.5 Å². The van der Waals surface area contributed by atoms with Crippen LogP contribution >= 0.6 is 0 Å². The summed E-state index contributed by atoms with van der Waals surface area (Å²) in [5, 5.41) is 3.88. The predicted octanol–water partition coefficient (Wildman–Crippen LogP) is 1.87. The lowest BCUT2D eigenvalue weighted by atomic mass is 10.1. The first kappa shape index (κ1) is 9.65. The van der Waals surface area contributed by atoms with E-state index < -0.39 is 0 Å². The van der Waals surface area contributed by atoms with E-state index in [-0.39, 0.29) is 5.91 Å². The molecule has 1 aromatic carbocycles. The number of carbonyl (C=O) groups excluding carboxylic acids is 1. The van der Waals surface area contributed by atoms with E-state index in [2.05, 4.69) is 10.3 Å². The maximum Gasteiger partial charge on any atom is 0.217 e. The third-order valence-electron chi connectivity index (χ3n) is 2.27. The van der Waals surface area contributed by atoms with E-state index in [0.717, 1.165) is 16.5 Å². The average Bonchev–Trinajstić information content (AvgIpc) is 2.26. The average molecular weight is 200 g/mol. The SMILES string of the molecule is CC(=O)NCc1ccnc2ccccc12. The first-order valence-corrected chi connectivity index (χ1v) is 4.84. The van der Waals surface area contributed by atoms with Gasteiger partial charge in [0.05, 0.1) is 5.52 Å². The van der Waals surface area contributed by atoms with Gasteiger partial charge in [-0.2, -0.15) is 0 Å². The molecule has 15 heavy (non-hydrogen) atoms. The Bertz CT molecular complexity index is 488. The summed E-state index contributed by atoms with van der Waals surface area (Å²) in [6.45, 7) is 2.07. The van der Waals surface area contributed by atoms with Gasteiger partial charge in [-0.1, -0.05) is 18.2 Å². The molecule has 1 heterocycles. The molecule has 1 N–H and O–H groups in total. The summed E-state index contributed by atoms with van der Waals surface area (Å²) in [6.07, 6.45) is 1.76. The van der Waals surface area contributed by atoms with Crippen molar-refractivity contribution in [3.63, 3.8) is 0 Å². The minimum atomic E-state index is -0.0177. The zero-order valence-electron chi connectivity index (χ0n) is 8.53. The number of fused-ring (bicyclic) bond motifs is 1. The Morgan fingerprint density at radius 2 is 2.13 bits per heavy atom. The van der Waals surface area contributed by atoms with Gasteiger partial charge in [0.15, 0.2) is 0 Å². The van der Waals surface area contributed by atoms with Gasteiger partial charge < -0.3 is 5.32 Å². The normalized spacial score (nSPS) is 10.2. The molecule has 0 radical (unpaired) electrons. The quantitative estimate of drug-likeness (QED) is 0.804. The molecule has 1 aromatic heterocycles. The molecular weight excluding hydrogens is 188 g/mol. The molecule has 76 valence electrons. The van der Waals surface area contributed by atoms with Crippen molar-refractivity contribution in [2.75, 3.05) is 0 Å². The number of rotatable bonds is 2. The topological polar surface area (TPSA) is 42.0 Å². The van der Waals surface area contributed by atoms with E-state index >= 15 is 0 Å². The molecule has 3 nitrogen and oxygen atoms in total. The molecule has 3 heteroatoms. The van der Waals surface area contributed by atoms with Crippen LogP contribution in [0.25, 0.3) is 10.9 Å². The summed E-state index contributed by atoms with van der Waals surface area (Å²) in [5.41, 5.74) is 2.05. The number of hydrogen-bond acceptors (Lipinski definition) is 2. The predicted molar refractivity (Wildman–Crippen MR) is 59.3 cm³/mol. The Hall–Kier alpha value is -1.90. The highest BCUT2D eigenvalue weighted by atomic mass is 16.1. The van der Waals surface area contributed by atoms with Crippen LogP contribution in [0.1, 0.15) is 12.5 Å². The molecule has 0 aliphatic heterocycles. The first-order chi connectivity index (χ1) is 7.27. The lowest BCUT2D eigenvalue weighted by molar-refractivity contribution is -0.119. The highest BCUT2D eigenvalue weighted by Crippen LogP contribution is 2.15. The van der Waals surface area contributed by atoms with Crippen molar-refractivity contribution < 1.29 is 4.79 Å².